The number of carbonyl (C=O) groups is 1. The Kier molecular flexibility index (Phi) is 6.69. The lowest BCUT2D eigenvalue weighted by Crippen LogP contribution is -2.48. The van der Waals surface area contributed by atoms with Gasteiger partial charge in [-0.25, -0.2) is 4.68 Å². The molecule has 2 aromatic rings. The molecule has 152 valence electrons. The highest BCUT2D eigenvalue weighted by atomic mass is 35.5. The molecule has 28 heavy (non-hydrogen) atoms. The normalized spacial score (nSPS) is 23.3. The molecule has 1 aromatic carbocycles. The van der Waals surface area contributed by atoms with E-state index in [1.54, 1.807) is 0 Å². The highest BCUT2D eigenvalue weighted by Gasteiger charge is 2.33. The van der Waals surface area contributed by atoms with Crippen molar-refractivity contribution >= 4 is 18.3 Å². The highest BCUT2D eigenvalue weighted by molar-refractivity contribution is 5.92. The second kappa shape index (κ2) is 9.03. The van der Waals surface area contributed by atoms with E-state index in [-0.39, 0.29) is 30.5 Å². The summed E-state index contributed by atoms with van der Waals surface area (Å²) in [6.45, 7) is 7.10. The van der Waals surface area contributed by atoms with Crippen LogP contribution in [0.3, 0.4) is 0 Å². The third kappa shape index (κ3) is 4.21. The molecule has 0 aliphatic carbocycles. The van der Waals surface area contributed by atoms with E-state index in [0.717, 1.165) is 31.5 Å². The van der Waals surface area contributed by atoms with Crippen LogP contribution in [0.4, 0.5) is 0 Å². The SMILES string of the molecule is Cc1ccccc1C1CN(C(=O)c2cn(C3CCNCC3)nn2)C(C)CO1.Cl. The molecule has 0 saturated carbocycles. The van der Waals surface area contributed by atoms with Gasteiger partial charge in [0, 0.05) is 0 Å². The van der Waals surface area contributed by atoms with Crippen LogP contribution in [0.15, 0.2) is 30.5 Å². The van der Waals surface area contributed by atoms with E-state index in [1.165, 1.54) is 5.56 Å². The molecule has 2 atom stereocenters. The Morgan fingerprint density at radius 1 is 1.25 bits per heavy atom. The molecule has 8 heteroatoms. The number of benzene rings is 1. The van der Waals surface area contributed by atoms with Gasteiger partial charge < -0.3 is 15.0 Å². The highest BCUT2D eigenvalue weighted by Crippen LogP contribution is 2.28. The summed E-state index contributed by atoms with van der Waals surface area (Å²) in [4.78, 5) is 15.0. The van der Waals surface area contributed by atoms with Crippen LogP contribution >= 0.6 is 12.4 Å². The fourth-order valence-corrected chi connectivity index (χ4v) is 3.95. The van der Waals surface area contributed by atoms with Crippen LogP contribution in [0.1, 0.15) is 53.5 Å². The van der Waals surface area contributed by atoms with E-state index >= 15 is 0 Å². The fourth-order valence-electron chi connectivity index (χ4n) is 3.95. The molecule has 2 aliphatic heterocycles. The molecule has 0 spiro atoms. The maximum atomic E-state index is 13.1. The lowest BCUT2D eigenvalue weighted by molar-refractivity contribution is -0.0490. The number of hydrogen-bond donors (Lipinski definition) is 1. The zero-order valence-corrected chi connectivity index (χ0v) is 17.2. The number of nitrogens with zero attached hydrogens (tertiary/aromatic N) is 4. The molecule has 7 nitrogen and oxygen atoms in total. The maximum absolute atomic E-state index is 13.1. The molecular formula is C20H28ClN5O2. The minimum atomic E-state index is -0.106. The molecule has 0 bridgehead atoms. The van der Waals surface area contributed by atoms with Crippen molar-refractivity contribution in [3.8, 4) is 0 Å². The van der Waals surface area contributed by atoms with Crippen LogP contribution in [-0.2, 0) is 4.74 Å². The van der Waals surface area contributed by atoms with Crippen LogP contribution in [0.2, 0.25) is 0 Å². The van der Waals surface area contributed by atoms with E-state index in [0.29, 0.717) is 24.9 Å². The van der Waals surface area contributed by atoms with E-state index < -0.39 is 0 Å². The van der Waals surface area contributed by atoms with Gasteiger partial charge in [-0.1, -0.05) is 29.5 Å². The number of carbonyl (C=O) groups excluding carboxylic acids is 1. The van der Waals surface area contributed by atoms with Crippen molar-refractivity contribution < 1.29 is 9.53 Å². The molecule has 4 rings (SSSR count). The average Bonchev–Trinajstić information content (AvgIpc) is 3.19. The summed E-state index contributed by atoms with van der Waals surface area (Å²) in [7, 11) is 0. The molecule has 2 saturated heterocycles. The van der Waals surface area contributed by atoms with Gasteiger partial charge in [0.25, 0.3) is 5.91 Å². The van der Waals surface area contributed by atoms with E-state index in [1.807, 2.05) is 34.8 Å². The monoisotopic (exact) mass is 405 g/mol. The zero-order chi connectivity index (χ0) is 18.8. The number of ether oxygens (including phenoxy) is 1. The number of aryl methyl sites for hydroxylation is 1. The van der Waals surface area contributed by atoms with Crippen molar-refractivity contribution in [1.82, 2.24) is 25.2 Å². The Hall–Kier alpha value is -1.96. The van der Waals surface area contributed by atoms with Crippen molar-refractivity contribution in [1.29, 1.82) is 0 Å². The summed E-state index contributed by atoms with van der Waals surface area (Å²) in [5.41, 5.74) is 2.74. The van der Waals surface area contributed by atoms with Gasteiger partial charge >= 0.3 is 0 Å². The standard InChI is InChI=1S/C20H27N5O2.ClH/c1-14-5-3-4-6-17(14)19-12-24(15(2)13-27-19)20(26)18-11-25(23-22-18)16-7-9-21-10-8-16;/h3-6,11,15-16,19,21H,7-10,12-13H2,1-2H3;1H. The predicted molar refractivity (Wildman–Crippen MR) is 109 cm³/mol. The van der Waals surface area contributed by atoms with Crippen LogP contribution in [-0.4, -0.2) is 58.1 Å². The van der Waals surface area contributed by atoms with Gasteiger partial charge in [-0.2, -0.15) is 0 Å². The van der Waals surface area contributed by atoms with Gasteiger partial charge in [-0.15, -0.1) is 17.5 Å². The molecule has 1 N–H and O–H groups in total. The summed E-state index contributed by atoms with van der Waals surface area (Å²) in [6, 6.07) is 8.52. The van der Waals surface area contributed by atoms with Gasteiger partial charge in [0.15, 0.2) is 5.69 Å². The Bertz CT molecular complexity index is 805. The van der Waals surface area contributed by atoms with Crippen molar-refractivity contribution in [3.05, 3.63) is 47.3 Å². The summed E-state index contributed by atoms with van der Waals surface area (Å²) in [6.07, 6.45) is 3.73. The minimum Gasteiger partial charge on any atom is -0.370 e. The molecule has 2 fully saturated rings. The number of hydrogen-bond acceptors (Lipinski definition) is 5. The lowest BCUT2D eigenvalue weighted by atomic mass is 10.0. The first-order chi connectivity index (χ1) is 13.1. The molecule has 1 amide bonds. The molecule has 2 aliphatic rings. The molecule has 3 heterocycles. The Balaban J connectivity index is 0.00000225. The average molecular weight is 406 g/mol. The van der Waals surface area contributed by atoms with Gasteiger partial charge in [-0.05, 0) is 50.9 Å². The van der Waals surface area contributed by atoms with Crippen LogP contribution in [0, 0.1) is 6.92 Å². The van der Waals surface area contributed by atoms with Gasteiger partial charge in [0.1, 0.15) is 6.10 Å². The van der Waals surface area contributed by atoms with E-state index in [4.69, 9.17) is 4.74 Å². The largest absolute Gasteiger partial charge is 0.370 e. The first-order valence-corrected chi connectivity index (χ1v) is 9.74. The Labute approximate surface area is 171 Å². The first-order valence-electron chi connectivity index (χ1n) is 9.74. The lowest BCUT2D eigenvalue weighted by Gasteiger charge is -2.38. The van der Waals surface area contributed by atoms with Crippen molar-refractivity contribution in [2.24, 2.45) is 0 Å². The van der Waals surface area contributed by atoms with Crippen LogP contribution in [0.5, 0.6) is 0 Å². The molecule has 0 radical (unpaired) electrons. The molecule has 1 aromatic heterocycles. The smallest absolute Gasteiger partial charge is 0.276 e. The van der Waals surface area contributed by atoms with Crippen molar-refractivity contribution in [2.75, 3.05) is 26.2 Å². The number of morpholine rings is 1. The third-order valence-electron chi connectivity index (χ3n) is 5.64. The number of aromatic nitrogens is 3. The predicted octanol–water partition coefficient (Wildman–Crippen LogP) is 2.54. The Morgan fingerprint density at radius 2 is 2.00 bits per heavy atom. The third-order valence-corrected chi connectivity index (χ3v) is 5.64. The van der Waals surface area contributed by atoms with Crippen molar-refractivity contribution in [2.45, 2.75) is 44.9 Å². The number of halogens is 1. The molecule has 2 unspecified atom stereocenters. The number of nitrogens with one attached hydrogen (secondary N) is 1. The maximum Gasteiger partial charge on any atom is 0.276 e. The van der Waals surface area contributed by atoms with Gasteiger partial charge in [-0.3, -0.25) is 4.79 Å². The van der Waals surface area contributed by atoms with Crippen molar-refractivity contribution in [3.63, 3.8) is 0 Å². The van der Waals surface area contributed by atoms with Gasteiger partial charge in [0.05, 0.1) is 31.4 Å². The fraction of sp³-hybridized carbons (Fsp3) is 0.550. The van der Waals surface area contributed by atoms with E-state index in [9.17, 15) is 4.79 Å². The zero-order valence-electron chi connectivity index (χ0n) is 16.4. The Morgan fingerprint density at radius 3 is 2.75 bits per heavy atom. The second-order valence-electron chi connectivity index (χ2n) is 7.55. The summed E-state index contributed by atoms with van der Waals surface area (Å²) < 4.78 is 7.89. The van der Waals surface area contributed by atoms with Crippen LogP contribution < -0.4 is 5.32 Å². The number of amides is 1. The van der Waals surface area contributed by atoms with E-state index in [2.05, 4.69) is 34.7 Å². The summed E-state index contributed by atoms with van der Waals surface area (Å²) >= 11 is 0. The second-order valence-corrected chi connectivity index (χ2v) is 7.55. The van der Waals surface area contributed by atoms with Gasteiger partial charge in [0.2, 0.25) is 0 Å². The van der Waals surface area contributed by atoms with Crippen LogP contribution in [0.25, 0.3) is 0 Å². The number of piperidine rings is 1. The first kappa shape index (κ1) is 20.8. The topological polar surface area (TPSA) is 72.3 Å². The number of rotatable bonds is 3. The summed E-state index contributed by atoms with van der Waals surface area (Å²) in [5.74, 6) is -0.0652. The molecular weight excluding hydrogens is 378 g/mol. The summed E-state index contributed by atoms with van der Waals surface area (Å²) in [5, 5.41) is 11.8. The minimum absolute atomic E-state index is 0. The quantitative estimate of drug-likeness (QED) is 0.849.